The van der Waals surface area contributed by atoms with Gasteiger partial charge in [-0.05, 0) is 13.8 Å². The van der Waals surface area contributed by atoms with Gasteiger partial charge in [0.2, 0.25) is 5.89 Å². The lowest BCUT2D eigenvalue weighted by molar-refractivity contribution is 0.539. The maximum Gasteiger partial charge on any atom is 0.246 e. The van der Waals surface area contributed by atoms with Crippen LogP contribution in [0.2, 0.25) is 0 Å². The monoisotopic (exact) mass is 180 g/mol. The van der Waals surface area contributed by atoms with Crippen LogP contribution < -0.4 is 0 Å². The van der Waals surface area contributed by atoms with Crippen molar-refractivity contribution in [3.63, 3.8) is 0 Å². The van der Waals surface area contributed by atoms with E-state index in [0.717, 1.165) is 17.1 Å². The Morgan fingerprint density at radius 2 is 2.25 bits per heavy atom. The van der Waals surface area contributed by atoms with Crippen LogP contribution >= 0.6 is 11.3 Å². The van der Waals surface area contributed by atoms with Crippen LogP contribution in [0.4, 0.5) is 0 Å². The predicted octanol–water partition coefficient (Wildman–Crippen LogP) is 2.41. The van der Waals surface area contributed by atoms with Gasteiger partial charge in [-0.25, -0.2) is 9.97 Å². The number of hydrogen-bond acceptors (Lipinski definition) is 4. The Kier molecular flexibility index (Phi) is 1.69. The van der Waals surface area contributed by atoms with Gasteiger partial charge in [0.1, 0.15) is 11.5 Å². The van der Waals surface area contributed by atoms with E-state index in [-0.39, 0.29) is 0 Å². The zero-order valence-corrected chi connectivity index (χ0v) is 7.68. The molecule has 2 rings (SSSR count). The first-order chi connectivity index (χ1) is 5.77. The van der Waals surface area contributed by atoms with Crippen LogP contribution in [0.25, 0.3) is 11.6 Å². The van der Waals surface area contributed by atoms with Gasteiger partial charge in [-0.3, -0.25) is 0 Å². The molecule has 0 fully saturated rings. The van der Waals surface area contributed by atoms with Crippen molar-refractivity contribution in [2.45, 2.75) is 13.8 Å². The first kappa shape index (κ1) is 7.49. The minimum Gasteiger partial charge on any atom is -0.440 e. The van der Waals surface area contributed by atoms with Gasteiger partial charge >= 0.3 is 0 Å². The minimum absolute atomic E-state index is 0.617. The molecular formula is C8H8N2OS. The van der Waals surface area contributed by atoms with E-state index in [1.165, 1.54) is 11.3 Å². The number of rotatable bonds is 1. The summed E-state index contributed by atoms with van der Waals surface area (Å²) >= 11 is 1.54. The summed E-state index contributed by atoms with van der Waals surface area (Å²) in [5.41, 5.74) is 3.51. The Morgan fingerprint density at radius 3 is 2.75 bits per heavy atom. The van der Waals surface area contributed by atoms with Crippen LogP contribution in [-0.4, -0.2) is 9.97 Å². The molecule has 0 bridgehead atoms. The van der Waals surface area contributed by atoms with Crippen molar-refractivity contribution in [1.29, 1.82) is 0 Å². The average Bonchev–Trinajstić information content (AvgIpc) is 2.61. The van der Waals surface area contributed by atoms with Gasteiger partial charge in [0.25, 0.3) is 0 Å². The summed E-state index contributed by atoms with van der Waals surface area (Å²) in [4.78, 5) is 8.33. The van der Waals surface area contributed by atoms with E-state index in [2.05, 4.69) is 9.97 Å². The van der Waals surface area contributed by atoms with E-state index in [1.807, 2.05) is 19.2 Å². The SMILES string of the molecule is Cc1nc(-c2cscn2)oc1C. The van der Waals surface area contributed by atoms with Crippen molar-refractivity contribution in [3.05, 3.63) is 22.3 Å². The fraction of sp³-hybridized carbons (Fsp3) is 0.250. The second kappa shape index (κ2) is 2.71. The topological polar surface area (TPSA) is 38.9 Å². The molecule has 2 aromatic heterocycles. The van der Waals surface area contributed by atoms with E-state index in [9.17, 15) is 0 Å². The van der Waals surface area contributed by atoms with E-state index in [1.54, 1.807) is 5.51 Å². The van der Waals surface area contributed by atoms with Crippen LogP contribution in [0.1, 0.15) is 11.5 Å². The molecule has 0 saturated carbocycles. The summed E-state index contributed by atoms with van der Waals surface area (Å²) in [7, 11) is 0. The number of aryl methyl sites for hydroxylation is 2. The molecule has 0 spiro atoms. The summed E-state index contributed by atoms with van der Waals surface area (Å²) in [5, 5.41) is 1.92. The lowest BCUT2D eigenvalue weighted by atomic mass is 10.4. The third kappa shape index (κ3) is 1.14. The molecule has 3 nitrogen and oxygen atoms in total. The molecule has 0 N–H and O–H groups in total. The highest BCUT2D eigenvalue weighted by Gasteiger charge is 2.08. The molecule has 0 unspecified atom stereocenters. The second-order valence-electron chi connectivity index (χ2n) is 2.53. The molecule has 0 amide bonds. The molecule has 0 radical (unpaired) electrons. The Morgan fingerprint density at radius 1 is 1.42 bits per heavy atom. The number of nitrogens with zero attached hydrogens (tertiary/aromatic N) is 2. The summed E-state index contributed by atoms with van der Waals surface area (Å²) in [5.74, 6) is 1.48. The zero-order valence-electron chi connectivity index (χ0n) is 6.87. The molecular weight excluding hydrogens is 172 g/mol. The zero-order chi connectivity index (χ0) is 8.55. The third-order valence-corrected chi connectivity index (χ3v) is 2.27. The van der Waals surface area contributed by atoms with Crippen molar-refractivity contribution in [3.8, 4) is 11.6 Å². The second-order valence-corrected chi connectivity index (χ2v) is 3.25. The van der Waals surface area contributed by atoms with Gasteiger partial charge in [-0.1, -0.05) is 0 Å². The number of aromatic nitrogens is 2. The van der Waals surface area contributed by atoms with Crippen LogP contribution in [0, 0.1) is 13.8 Å². The molecule has 12 heavy (non-hydrogen) atoms. The first-order valence-electron chi connectivity index (χ1n) is 3.60. The summed E-state index contributed by atoms with van der Waals surface area (Å²) in [6.45, 7) is 3.83. The molecule has 62 valence electrons. The lowest BCUT2D eigenvalue weighted by Gasteiger charge is -1.83. The lowest BCUT2D eigenvalue weighted by Crippen LogP contribution is -1.76. The van der Waals surface area contributed by atoms with Crippen LogP contribution in [0.5, 0.6) is 0 Å². The summed E-state index contributed by atoms with van der Waals surface area (Å²) in [6.07, 6.45) is 0. The molecule has 2 heterocycles. The predicted molar refractivity (Wildman–Crippen MR) is 47.1 cm³/mol. The van der Waals surface area contributed by atoms with Crippen molar-refractivity contribution in [1.82, 2.24) is 9.97 Å². The molecule has 0 aromatic carbocycles. The third-order valence-electron chi connectivity index (χ3n) is 1.68. The molecule has 0 aliphatic rings. The van der Waals surface area contributed by atoms with Crippen molar-refractivity contribution in [2.24, 2.45) is 0 Å². The molecule has 0 saturated heterocycles. The van der Waals surface area contributed by atoms with Gasteiger partial charge in [-0.2, -0.15) is 0 Å². The Bertz CT molecular complexity index is 358. The van der Waals surface area contributed by atoms with Crippen LogP contribution in [0.15, 0.2) is 15.3 Å². The normalized spacial score (nSPS) is 10.5. The first-order valence-corrected chi connectivity index (χ1v) is 4.54. The Labute approximate surface area is 74.1 Å². The molecule has 2 aromatic rings. The fourth-order valence-electron chi connectivity index (χ4n) is 0.900. The molecule has 0 atom stereocenters. The van der Waals surface area contributed by atoms with Gasteiger partial charge in [0.05, 0.1) is 11.2 Å². The van der Waals surface area contributed by atoms with Crippen molar-refractivity contribution >= 4 is 11.3 Å². The highest BCUT2D eigenvalue weighted by Crippen LogP contribution is 2.20. The minimum atomic E-state index is 0.617. The number of oxazole rings is 1. The average molecular weight is 180 g/mol. The van der Waals surface area contributed by atoms with Crippen molar-refractivity contribution < 1.29 is 4.42 Å². The Balaban J connectivity index is 2.48. The van der Waals surface area contributed by atoms with E-state index < -0.39 is 0 Å². The quantitative estimate of drug-likeness (QED) is 0.676. The standard InChI is InChI=1S/C8H8N2OS/c1-5-6(2)11-8(10-5)7-3-12-4-9-7/h3-4H,1-2H3. The molecule has 4 heteroatoms. The fourth-order valence-corrected chi connectivity index (χ4v) is 1.43. The molecule has 0 aliphatic carbocycles. The van der Waals surface area contributed by atoms with E-state index >= 15 is 0 Å². The highest BCUT2D eigenvalue weighted by atomic mass is 32.1. The van der Waals surface area contributed by atoms with E-state index in [0.29, 0.717) is 5.89 Å². The maximum atomic E-state index is 5.39. The Hall–Kier alpha value is -1.16. The van der Waals surface area contributed by atoms with Crippen molar-refractivity contribution in [2.75, 3.05) is 0 Å². The number of thiazole rings is 1. The van der Waals surface area contributed by atoms with Gasteiger partial charge in [-0.15, -0.1) is 11.3 Å². The van der Waals surface area contributed by atoms with Gasteiger partial charge in [0, 0.05) is 5.38 Å². The van der Waals surface area contributed by atoms with Gasteiger partial charge in [0.15, 0.2) is 0 Å². The smallest absolute Gasteiger partial charge is 0.246 e. The van der Waals surface area contributed by atoms with Crippen LogP contribution in [0.3, 0.4) is 0 Å². The number of hydrogen-bond donors (Lipinski definition) is 0. The van der Waals surface area contributed by atoms with Crippen LogP contribution in [-0.2, 0) is 0 Å². The van der Waals surface area contributed by atoms with Gasteiger partial charge < -0.3 is 4.42 Å². The highest BCUT2D eigenvalue weighted by molar-refractivity contribution is 7.07. The summed E-state index contributed by atoms with van der Waals surface area (Å²) < 4.78 is 5.39. The summed E-state index contributed by atoms with van der Waals surface area (Å²) in [6, 6.07) is 0. The largest absolute Gasteiger partial charge is 0.440 e. The maximum absolute atomic E-state index is 5.39. The van der Waals surface area contributed by atoms with E-state index in [4.69, 9.17) is 4.42 Å². The molecule has 0 aliphatic heterocycles.